The topological polar surface area (TPSA) is 41.5 Å². The molecule has 1 fully saturated rings. The Labute approximate surface area is 117 Å². The summed E-state index contributed by atoms with van der Waals surface area (Å²) < 4.78 is 6.55. The van der Waals surface area contributed by atoms with Crippen molar-refractivity contribution in [2.75, 3.05) is 19.8 Å². The highest BCUT2D eigenvalue weighted by Gasteiger charge is 2.20. The van der Waals surface area contributed by atoms with Gasteiger partial charge in [-0.05, 0) is 49.9 Å². The highest BCUT2D eigenvalue weighted by molar-refractivity contribution is 9.10. The van der Waals surface area contributed by atoms with Crippen LogP contribution in [0.1, 0.15) is 24.8 Å². The molecule has 1 aliphatic rings. The summed E-state index contributed by atoms with van der Waals surface area (Å²) in [5, 5.41) is 13.0. The summed E-state index contributed by atoms with van der Waals surface area (Å²) >= 11 is 3.40. The van der Waals surface area contributed by atoms with Gasteiger partial charge in [0.05, 0.1) is 0 Å². The van der Waals surface area contributed by atoms with Gasteiger partial charge in [0.2, 0.25) is 0 Å². The minimum Gasteiger partial charge on any atom is -0.508 e. The van der Waals surface area contributed by atoms with Gasteiger partial charge in [0, 0.05) is 29.8 Å². The number of hydrogen-bond acceptors (Lipinski definition) is 3. The lowest BCUT2D eigenvalue weighted by Gasteiger charge is -2.07. The molecular formula is C14H20BrNO2. The van der Waals surface area contributed by atoms with Gasteiger partial charge in [0.1, 0.15) is 5.75 Å². The van der Waals surface area contributed by atoms with Crippen LogP contribution in [-0.2, 0) is 11.3 Å². The molecule has 0 unspecified atom stereocenters. The minimum atomic E-state index is 0.343. The summed E-state index contributed by atoms with van der Waals surface area (Å²) in [4.78, 5) is 0. The first-order chi connectivity index (χ1) is 8.75. The molecule has 1 aromatic carbocycles. The van der Waals surface area contributed by atoms with Crippen LogP contribution in [0.2, 0.25) is 0 Å². The number of nitrogens with one attached hydrogen (secondary N) is 1. The van der Waals surface area contributed by atoms with Crippen LogP contribution in [0.3, 0.4) is 0 Å². The molecule has 0 aromatic heterocycles. The third-order valence-electron chi connectivity index (χ3n) is 3.05. The fourth-order valence-electron chi connectivity index (χ4n) is 1.75. The number of benzene rings is 1. The molecule has 1 saturated carbocycles. The Morgan fingerprint density at radius 3 is 3.00 bits per heavy atom. The highest BCUT2D eigenvalue weighted by atomic mass is 79.9. The van der Waals surface area contributed by atoms with E-state index in [1.54, 1.807) is 6.07 Å². The summed E-state index contributed by atoms with van der Waals surface area (Å²) in [7, 11) is 0. The Morgan fingerprint density at radius 2 is 2.22 bits per heavy atom. The molecule has 0 saturated heterocycles. The Bertz CT molecular complexity index is 380. The van der Waals surface area contributed by atoms with Crippen molar-refractivity contribution in [2.24, 2.45) is 5.92 Å². The lowest BCUT2D eigenvalue weighted by Crippen LogP contribution is -2.16. The number of hydrogen-bond donors (Lipinski definition) is 2. The molecular weight excluding hydrogens is 294 g/mol. The van der Waals surface area contributed by atoms with Crippen LogP contribution >= 0.6 is 15.9 Å². The van der Waals surface area contributed by atoms with Gasteiger partial charge in [0.15, 0.2) is 0 Å². The first kappa shape index (κ1) is 13.8. The largest absolute Gasteiger partial charge is 0.508 e. The smallest absolute Gasteiger partial charge is 0.120 e. The summed E-state index contributed by atoms with van der Waals surface area (Å²) in [5.74, 6) is 1.19. The van der Waals surface area contributed by atoms with Gasteiger partial charge < -0.3 is 15.2 Å². The van der Waals surface area contributed by atoms with Gasteiger partial charge in [-0.3, -0.25) is 0 Å². The molecule has 2 N–H and O–H groups in total. The van der Waals surface area contributed by atoms with Crippen molar-refractivity contribution in [3.63, 3.8) is 0 Å². The normalized spacial score (nSPS) is 14.9. The first-order valence-corrected chi connectivity index (χ1v) is 7.31. The van der Waals surface area contributed by atoms with E-state index in [1.165, 1.54) is 12.8 Å². The molecule has 1 aromatic rings. The molecule has 18 heavy (non-hydrogen) atoms. The average Bonchev–Trinajstić information content (AvgIpc) is 3.16. The molecule has 0 atom stereocenters. The molecule has 4 heteroatoms. The van der Waals surface area contributed by atoms with E-state index in [9.17, 15) is 5.11 Å². The van der Waals surface area contributed by atoms with E-state index < -0.39 is 0 Å². The third-order valence-corrected chi connectivity index (χ3v) is 3.54. The van der Waals surface area contributed by atoms with Crippen LogP contribution in [0.25, 0.3) is 0 Å². The van der Waals surface area contributed by atoms with Crippen LogP contribution in [0.15, 0.2) is 22.7 Å². The van der Waals surface area contributed by atoms with Crippen molar-refractivity contribution in [1.82, 2.24) is 5.32 Å². The summed E-state index contributed by atoms with van der Waals surface area (Å²) in [6, 6.07) is 5.48. The van der Waals surface area contributed by atoms with E-state index in [4.69, 9.17) is 4.74 Å². The van der Waals surface area contributed by atoms with E-state index in [2.05, 4.69) is 21.2 Å². The first-order valence-electron chi connectivity index (χ1n) is 6.51. The van der Waals surface area contributed by atoms with Crippen molar-refractivity contribution in [3.8, 4) is 5.75 Å². The Morgan fingerprint density at radius 1 is 1.39 bits per heavy atom. The van der Waals surface area contributed by atoms with Crippen LogP contribution in [0, 0.1) is 5.92 Å². The molecule has 0 aliphatic heterocycles. The molecule has 1 aliphatic carbocycles. The lowest BCUT2D eigenvalue weighted by atomic mass is 10.2. The van der Waals surface area contributed by atoms with Crippen molar-refractivity contribution in [1.29, 1.82) is 0 Å². The SMILES string of the molecule is Oc1ccc(Br)cc1CNCCCOCC1CC1. The Kier molecular flexibility index (Phi) is 5.47. The number of ether oxygens (including phenoxy) is 1. The van der Waals surface area contributed by atoms with Crippen LogP contribution < -0.4 is 5.32 Å². The second kappa shape index (κ2) is 7.12. The predicted octanol–water partition coefficient (Wildman–Crippen LogP) is 3.06. The summed E-state index contributed by atoms with van der Waals surface area (Å²) in [6.45, 7) is 3.37. The van der Waals surface area contributed by atoms with Gasteiger partial charge in [-0.25, -0.2) is 0 Å². The third kappa shape index (κ3) is 4.96. The maximum absolute atomic E-state index is 9.66. The molecule has 0 amide bonds. The molecule has 0 heterocycles. The summed E-state index contributed by atoms with van der Waals surface area (Å²) in [6.07, 6.45) is 3.71. The number of phenols is 1. The minimum absolute atomic E-state index is 0.343. The second-order valence-electron chi connectivity index (χ2n) is 4.82. The Balaban J connectivity index is 1.55. The average molecular weight is 314 g/mol. The molecule has 3 nitrogen and oxygen atoms in total. The van der Waals surface area contributed by atoms with Crippen molar-refractivity contribution in [2.45, 2.75) is 25.8 Å². The standard InChI is InChI=1S/C14H20BrNO2/c15-13-4-5-14(17)12(8-13)9-16-6-1-7-18-10-11-2-3-11/h4-5,8,11,16-17H,1-3,6-7,9-10H2. The summed E-state index contributed by atoms with van der Waals surface area (Å²) in [5.41, 5.74) is 0.920. The van der Waals surface area contributed by atoms with Crippen molar-refractivity contribution < 1.29 is 9.84 Å². The van der Waals surface area contributed by atoms with Crippen molar-refractivity contribution in [3.05, 3.63) is 28.2 Å². The number of halogens is 1. The lowest BCUT2D eigenvalue weighted by molar-refractivity contribution is 0.122. The zero-order valence-corrected chi connectivity index (χ0v) is 12.1. The van der Waals surface area contributed by atoms with E-state index in [0.717, 1.165) is 42.1 Å². The van der Waals surface area contributed by atoms with Gasteiger partial charge in [-0.2, -0.15) is 0 Å². The van der Waals surface area contributed by atoms with E-state index in [0.29, 0.717) is 12.3 Å². The quantitative estimate of drug-likeness (QED) is 0.725. The predicted molar refractivity (Wildman–Crippen MR) is 75.7 cm³/mol. The monoisotopic (exact) mass is 313 g/mol. The van der Waals surface area contributed by atoms with Gasteiger partial charge in [-0.1, -0.05) is 15.9 Å². The van der Waals surface area contributed by atoms with Crippen molar-refractivity contribution >= 4 is 15.9 Å². The van der Waals surface area contributed by atoms with Gasteiger partial charge >= 0.3 is 0 Å². The molecule has 0 spiro atoms. The fraction of sp³-hybridized carbons (Fsp3) is 0.571. The van der Waals surface area contributed by atoms with E-state index >= 15 is 0 Å². The van der Waals surface area contributed by atoms with Gasteiger partial charge in [-0.15, -0.1) is 0 Å². The van der Waals surface area contributed by atoms with Crippen LogP contribution in [-0.4, -0.2) is 24.9 Å². The number of phenolic OH excluding ortho intramolecular Hbond substituents is 1. The molecule has 2 rings (SSSR count). The van der Waals surface area contributed by atoms with Crippen LogP contribution in [0.4, 0.5) is 0 Å². The van der Waals surface area contributed by atoms with Gasteiger partial charge in [0.25, 0.3) is 0 Å². The molecule has 0 radical (unpaired) electrons. The molecule has 0 bridgehead atoms. The van der Waals surface area contributed by atoms with Crippen LogP contribution in [0.5, 0.6) is 5.75 Å². The van der Waals surface area contributed by atoms with E-state index in [-0.39, 0.29) is 0 Å². The second-order valence-corrected chi connectivity index (χ2v) is 5.74. The zero-order valence-electron chi connectivity index (χ0n) is 10.5. The molecule has 100 valence electrons. The highest BCUT2D eigenvalue weighted by Crippen LogP contribution is 2.28. The van der Waals surface area contributed by atoms with E-state index in [1.807, 2.05) is 12.1 Å². The number of aromatic hydroxyl groups is 1. The fourth-order valence-corrected chi connectivity index (χ4v) is 2.16. The number of rotatable bonds is 8. The zero-order chi connectivity index (χ0) is 12.8. The maximum Gasteiger partial charge on any atom is 0.120 e. The maximum atomic E-state index is 9.66. The Hall–Kier alpha value is -0.580.